The van der Waals surface area contributed by atoms with Crippen LogP contribution in [0.5, 0.6) is 0 Å². The lowest BCUT2D eigenvalue weighted by atomic mass is 9.64. The molecule has 0 aromatic heterocycles. The predicted octanol–water partition coefficient (Wildman–Crippen LogP) is 4.69. The number of rotatable bonds is 4. The summed E-state index contributed by atoms with van der Waals surface area (Å²) in [6.07, 6.45) is 6.01. The Kier molecular flexibility index (Phi) is 5.24. The van der Waals surface area contributed by atoms with E-state index in [4.69, 9.17) is 5.41 Å². The molecule has 2 heteroatoms. The van der Waals surface area contributed by atoms with Crippen LogP contribution in [-0.4, -0.2) is 22.8 Å². The van der Waals surface area contributed by atoms with Gasteiger partial charge in [-0.3, -0.25) is 5.41 Å². The van der Waals surface area contributed by atoms with Crippen molar-refractivity contribution in [1.29, 1.82) is 5.41 Å². The van der Waals surface area contributed by atoms with Gasteiger partial charge in [-0.15, -0.1) is 0 Å². The zero-order valence-electron chi connectivity index (χ0n) is 13.2. The summed E-state index contributed by atoms with van der Waals surface area (Å²) in [5.74, 6) is 1.55. The molecule has 0 amide bonds. The molecule has 1 aliphatic carbocycles. The summed E-state index contributed by atoms with van der Waals surface area (Å²) >= 11 is 0. The molecule has 1 rings (SSSR count). The van der Waals surface area contributed by atoms with Crippen LogP contribution >= 0.6 is 0 Å². The number of nitrogens with zero attached hydrogens (tertiary/aromatic N) is 1. The Hall–Kier alpha value is -0.530. The van der Waals surface area contributed by atoms with Crippen LogP contribution in [0.15, 0.2) is 0 Å². The quantitative estimate of drug-likeness (QED) is 0.570. The Morgan fingerprint density at radius 2 is 1.94 bits per heavy atom. The molecular formula is C16H32N2. The van der Waals surface area contributed by atoms with Crippen LogP contribution in [0.3, 0.4) is 0 Å². The van der Waals surface area contributed by atoms with Crippen molar-refractivity contribution < 1.29 is 0 Å². The van der Waals surface area contributed by atoms with Crippen LogP contribution in [0, 0.1) is 16.7 Å². The highest BCUT2D eigenvalue weighted by molar-refractivity contribution is 5.79. The van der Waals surface area contributed by atoms with Crippen LogP contribution in [0.1, 0.15) is 73.6 Å². The van der Waals surface area contributed by atoms with E-state index >= 15 is 0 Å². The molecule has 1 N–H and O–H groups in total. The first-order valence-electron chi connectivity index (χ1n) is 7.70. The highest BCUT2D eigenvalue weighted by Gasteiger charge is 2.41. The predicted molar refractivity (Wildman–Crippen MR) is 80.2 cm³/mol. The standard InChI is InChI=1S/C16H32N2/c1-7-13-14(10-9-11-16(13,5)6)18(12(3)4)15(17)8-2/h12-14,17H,7-11H2,1-6H3. The molecule has 0 spiro atoms. The summed E-state index contributed by atoms with van der Waals surface area (Å²) in [5.41, 5.74) is 0.429. The number of amidine groups is 1. The average molecular weight is 252 g/mol. The van der Waals surface area contributed by atoms with Gasteiger partial charge in [0.25, 0.3) is 0 Å². The fourth-order valence-corrected chi connectivity index (χ4v) is 3.91. The van der Waals surface area contributed by atoms with Gasteiger partial charge in [-0.05, 0) is 38.0 Å². The van der Waals surface area contributed by atoms with E-state index in [0.717, 1.165) is 18.2 Å². The molecule has 2 nitrogen and oxygen atoms in total. The van der Waals surface area contributed by atoms with E-state index in [1.54, 1.807) is 0 Å². The van der Waals surface area contributed by atoms with E-state index in [2.05, 4.69) is 46.4 Å². The third-order valence-corrected chi connectivity index (χ3v) is 4.79. The molecule has 0 saturated heterocycles. The van der Waals surface area contributed by atoms with Crippen LogP contribution in [-0.2, 0) is 0 Å². The molecule has 0 aromatic carbocycles. The van der Waals surface area contributed by atoms with Crippen molar-refractivity contribution >= 4 is 5.84 Å². The Labute approximate surface area is 114 Å². The minimum Gasteiger partial charge on any atom is -0.355 e. The van der Waals surface area contributed by atoms with Crippen molar-refractivity contribution in [1.82, 2.24) is 4.90 Å². The van der Waals surface area contributed by atoms with Gasteiger partial charge in [-0.2, -0.15) is 0 Å². The molecule has 18 heavy (non-hydrogen) atoms. The summed E-state index contributed by atoms with van der Waals surface area (Å²) in [7, 11) is 0. The molecule has 0 aliphatic heterocycles. The zero-order valence-corrected chi connectivity index (χ0v) is 13.2. The van der Waals surface area contributed by atoms with Gasteiger partial charge in [0.2, 0.25) is 0 Å². The summed E-state index contributed by atoms with van der Waals surface area (Å²) in [6.45, 7) is 13.7. The maximum Gasteiger partial charge on any atom is 0.0959 e. The molecular weight excluding hydrogens is 220 g/mol. The summed E-state index contributed by atoms with van der Waals surface area (Å²) in [4.78, 5) is 2.40. The monoisotopic (exact) mass is 252 g/mol. The minimum absolute atomic E-state index is 0.429. The van der Waals surface area contributed by atoms with Crippen molar-refractivity contribution in [3.8, 4) is 0 Å². The highest BCUT2D eigenvalue weighted by Crippen LogP contribution is 2.44. The zero-order chi connectivity index (χ0) is 13.9. The van der Waals surface area contributed by atoms with E-state index in [0.29, 0.717) is 17.5 Å². The van der Waals surface area contributed by atoms with Crippen molar-refractivity contribution in [3.05, 3.63) is 0 Å². The van der Waals surface area contributed by atoms with Crippen LogP contribution in [0.4, 0.5) is 0 Å². The van der Waals surface area contributed by atoms with Crippen LogP contribution in [0.25, 0.3) is 0 Å². The van der Waals surface area contributed by atoms with Crippen LogP contribution in [0.2, 0.25) is 0 Å². The number of nitrogens with one attached hydrogen (secondary N) is 1. The second kappa shape index (κ2) is 6.08. The molecule has 0 bridgehead atoms. The summed E-state index contributed by atoms with van der Waals surface area (Å²) < 4.78 is 0. The Balaban J connectivity index is 2.98. The topological polar surface area (TPSA) is 27.1 Å². The van der Waals surface area contributed by atoms with Gasteiger partial charge >= 0.3 is 0 Å². The second-order valence-electron chi connectivity index (χ2n) is 6.76. The Bertz CT molecular complexity index is 281. The Morgan fingerprint density at radius 1 is 1.33 bits per heavy atom. The fraction of sp³-hybridized carbons (Fsp3) is 0.938. The lowest BCUT2D eigenvalue weighted by Crippen LogP contribution is -2.53. The summed E-state index contributed by atoms with van der Waals surface area (Å²) in [6, 6.07) is 1.02. The molecule has 0 heterocycles. The molecule has 1 aliphatic rings. The maximum atomic E-state index is 8.28. The first-order valence-corrected chi connectivity index (χ1v) is 7.70. The average Bonchev–Trinajstić information content (AvgIpc) is 2.27. The minimum atomic E-state index is 0.429. The van der Waals surface area contributed by atoms with Crippen molar-refractivity contribution in [2.24, 2.45) is 11.3 Å². The lowest BCUT2D eigenvalue weighted by Gasteiger charge is -2.50. The number of hydrogen-bond acceptors (Lipinski definition) is 1. The van der Waals surface area contributed by atoms with E-state index in [-0.39, 0.29) is 0 Å². The Morgan fingerprint density at radius 3 is 2.39 bits per heavy atom. The molecule has 106 valence electrons. The third-order valence-electron chi connectivity index (χ3n) is 4.79. The number of hydrogen-bond donors (Lipinski definition) is 1. The van der Waals surface area contributed by atoms with E-state index in [1.165, 1.54) is 25.7 Å². The molecule has 0 aromatic rings. The highest BCUT2D eigenvalue weighted by atomic mass is 15.2. The van der Waals surface area contributed by atoms with E-state index in [1.807, 2.05) is 0 Å². The molecule has 0 radical (unpaired) electrons. The first-order chi connectivity index (χ1) is 8.35. The van der Waals surface area contributed by atoms with Gasteiger partial charge in [0.1, 0.15) is 0 Å². The van der Waals surface area contributed by atoms with Gasteiger partial charge in [0, 0.05) is 18.5 Å². The third kappa shape index (κ3) is 3.07. The van der Waals surface area contributed by atoms with Gasteiger partial charge in [0.15, 0.2) is 0 Å². The smallest absolute Gasteiger partial charge is 0.0959 e. The molecule has 1 saturated carbocycles. The van der Waals surface area contributed by atoms with Gasteiger partial charge in [-0.1, -0.05) is 40.5 Å². The fourth-order valence-electron chi connectivity index (χ4n) is 3.91. The normalized spacial score (nSPS) is 27.3. The maximum absolute atomic E-state index is 8.28. The molecule has 2 atom stereocenters. The van der Waals surface area contributed by atoms with Crippen LogP contribution < -0.4 is 0 Å². The van der Waals surface area contributed by atoms with Crippen molar-refractivity contribution in [3.63, 3.8) is 0 Å². The largest absolute Gasteiger partial charge is 0.355 e. The first kappa shape index (κ1) is 15.5. The van der Waals surface area contributed by atoms with Gasteiger partial charge in [-0.25, -0.2) is 0 Å². The van der Waals surface area contributed by atoms with E-state index < -0.39 is 0 Å². The van der Waals surface area contributed by atoms with Crippen molar-refractivity contribution in [2.45, 2.75) is 85.7 Å². The lowest BCUT2D eigenvalue weighted by molar-refractivity contribution is 0.0387. The van der Waals surface area contributed by atoms with E-state index in [9.17, 15) is 0 Å². The second-order valence-corrected chi connectivity index (χ2v) is 6.76. The molecule has 2 unspecified atom stereocenters. The molecule has 1 fully saturated rings. The SMILES string of the molecule is CCC(=N)N(C(C)C)C1CCCC(C)(C)C1CC. The van der Waals surface area contributed by atoms with Crippen molar-refractivity contribution in [2.75, 3.05) is 0 Å². The summed E-state index contributed by atoms with van der Waals surface area (Å²) in [5, 5.41) is 8.28. The van der Waals surface area contributed by atoms with Gasteiger partial charge < -0.3 is 4.90 Å². The van der Waals surface area contributed by atoms with Gasteiger partial charge in [0.05, 0.1) is 5.84 Å².